The highest BCUT2D eigenvalue weighted by atomic mass is 16.5. The largest absolute Gasteiger partial charge is 0.497 e. The third kappa shape index (κ3) is 3.75. The van der Waals surface area contributed by atoms with E-state index in [9.17, 15) is 0 Å². The Balaban J connectivity index is 1.32. The van der Waals surface area contributed by atoms with Crippen LogP contribution in [0, 0.1) is 5.92 Å². The summed E-state index contributed by atoms with van der Waals surface area (Å²) in [4.78, 5) is 5.03. The standard InChI is InChI=1S/C26H27N7O/c1-18-4-3-5-24(18)32-16-21(13-29-32)26-25-10-11-27-33(25)17-23(30-26)20-12-28-31(15-20)14-19-6-8-22(34-2)9-7-19/h6-13,15-18,24H,3-5,14H2,1-2H3/t18-,24?/m0/s1. The van der Waals surface area contributed by atoms with E-state index in [0.717, 1.165) is 39.3 Å². The van der Waals surface area contributed by atoms with Gasteiger partial charge in [0.2, 0.25) is 0 Å². The molecule has 0 radical (unpaired) electrons. The zero-order valence-corrected chi connectivity index (χ0v) is 19.4. The molecule has 0 bridgehead atoms. The van der Waals surface area contributed by atoms with Gasteiger partial charge in [0.05, 0.1) is 61.4 Å². The Bertz CT molecular complexity index is 1430. The van der Waals surface area contributed by atoms with Crippen LogP contribution >= 0.6 is 0 Å². The van der Waals surface area contributed by atoms with Crippen LogP contribution in [0.2, 0.25) is 0 Å². The van der Waals surface area contributed by atoms with Crippen LogP contribution in [0.5, 0.6) is 5.75 Å². The lowest BCUT2D eigenvalue weighted by Crippen LogP contribution is -2.11. The fraction of sp³-hybridized carbons (Fsp3) is 0.308. The SMILES string of the molecule is COc1ccc(Cn2cc(-c3cn4nccc4c(-c4cnn(C5CCC[C@@H]5C)c4)n3)cn2)cc1. The molecule has 1 aliphatic carbocycles. The second kappa shape index (κ2) is 8.44. The summed E-state index contributed by atoms with van der Waals surface area (Å²) < 4.78 is 11.2. The van der Waals surface area contributed by atoms with Gasteiger partial charge in [0.25, 0.3) is 0 Å². The van der Waals surface area contributed by atoms with Crippen LogP contribution in [0.4, 0.5) is 0 Å². The molecule has 1 saturated carbocycles. The maximum Gasteiger partial charge on any atom is 0.118 e. The molecule has 5 aromatic rings. The van der Waals surface area contributed by atoms with E-state index < -0.39 is 0 Å². The second-order valence-corrected chi connectivity index (χ2v) is 9.09. The first-order chi connectivity index (χ1) is 16.7. The molecule has 2 atom stereocenters. The average molecular weight is 454 g/mol. The van der Waals surface area contributed by atoms with Gasteiger partial charge in [-0.2, -0.15) is 15.3 Å². The summed E-state index contributed by atoms with van der Waals surface area (Å²) in [5.41, 5.74) is 5.79. The summed E-state index contributed by atoms with van der Waals surface area (Å²) in [7, 11) is 1.67. The van der Waals surface area contributed by atoms with Gasteiger partial charge in [0.1, 0.15) is 5.75 Å². The highest BCUT2D eigenvalue weighted by Crippen LogP contribution is 2.36. The van der Waals surface area contributed by atoms with E-state index in [0.29, 0.717) is 18.5 Å². The summed E-state index contributed by atoms with van der Waals surface area (Å²) in [6, 6.07) is 10.5. The smallest absolute Gasteiger partial charge is 0.118 e. The van der Waals surface area contributed by atoms with Gasteiger partial charge >= 0.3 is 0 Å². The molecular weight excluding hydrogens is 426 g/mol. The van der Waals surface area contributed by atoms with E-state index in [1.807, 2.05) is 52.2 Å². The van der Waals surface area contributed by atoms with Crippen molar-refractivity contribution in [3.8, 4) is 28.3 Å². The lowest BCUT2D eigenvalue weighted by Gasteiger charge is -2.15. The minimum absolute atomic E-state index is 0.467. The van der Waals surface area contributed by atoms with Crippen LogP contribution in [0.15, 0.2) is 67.5 Å². The summed E-state index contributed by atoms with van der Waals surface area (Å²) in [5.74, 6) is 1.50. The van der Waals surface area contributed by atoms with E-state index in [1.165, 1.54) is 19.3 Å². The minimum atomic E-state index is 0.467. The Morgan fingerprint density at radius 3 is 2.59 bits per heavy atom. The Labute approximate surface area is 197 Å². The Kier molecular flexibility index (Phi) is 5.13. The van der Waals surface area contributed by atoms with Crippen molar-refractivity contribution in [2.24, 2.45) is 5.92 Å². The van der Waals surface area contributed by atoms with E-state index in [-0.39, 0.29) is 0 Å². The Morgan fingerprint density at radius 2 is 1.79 bits per heavy atom. The molecule has 4 aromatic heterocycles. The maximum atomic E-state index is 5.25. The summed E-state index contributed by atoms with van der Waals surface area (Å²) >= 11 is 0. The highest BCUT2D eigenvalue weighted by molar-refractivity contribution is 5.78. The van der Waals surface area contributed by atoms with Crippen LogP contribution in [0.3, 0.4) is 0 Å². The fourth-order valence-electron chi connectivity index (χ4n) is 4.94. The van der Waals surface area contributed by atoms with Crippen LogP contribution in [-0.4, -0.2) is 41.3 Å². The number of aromatic nitrogens is 7. The van der Waals surface area contributed by atoms with Crippen molar-refractivity contribution < 1.29 is 4.74 Å². The lowest BCUT2D eigenvalue weighted by atomic mass is 10.1. The van der Waals surface area contributed by atoms with Crippen molar-refractivity contribution in [3.63, 3.8) is 0 Å². The van der Waals surface area contributed by atoms with E-state index in [4.69, 9.17) is 14.8 Å². The van der Waals surface area contributed by atoms with Gasteiger partial charge in [-0.1, -0.05) is 25.5 Å². The number of hydrogen-bond donors (Lipinski definition) is 0. The lowest BCUT2D eigenvalue weighted by molar-refractivity contribution is 0.375. The molecule has 0 spiro atoms. The van der Waals surface area contributed by atoms with Crippen molar-refractivity contribution in [1.82, 2.24) is 34.2 Å². The third-order valence-electron chi connectivity index (χ3n) is 6.85. The number of methoxy groups -OCH3 is 1. The third-order valence-corrected chi connectivity index (χ3v) is 6.85. The van der Waals surface area contributed by atoms with Gasteiger partial charge < -0.3 is 4.74 Å². The van der Waals surface area contributed by atoms with Gasteiger partial charge in [0, 0.05) is 23.5 Å². The molecule has 0 N–H and O–H groups in total. The first-order valence-corrected chi connectivity index (χ1v) is 11.7. The van der Waals surface area contributed by atoms with Crippen molar-refractivity contribution in [2.45, 2.75) is 38.8 Å². The monoisotopic (exact) mass is 453 g/mol. The highest BCUT2D eigenvalue weighted by Gasteiger charge is 2.26. The molecule has 1 unspecified atom stereocenters. The number of nitrogens with zero attached hydrogens (tertiary/aromatic N) is 7. The zero-order valence-electron chi connectivity index (χ0n) is 19.4. The number of rotatable bonds is 6. The van der Waals surface area contributed by atoms with Crippen LogP contribution in [0.1, 0.15) is 37.8 Å². The molecule has 6 rings (SSSR count). The first-order valence-electron chi connectivity index (χ1n) is 11.7. The quantitative estimate of drug-likeness (QED) is 0.367. The Morgan fingerprint density at radius 1 is 0.941 bits per heavy atom. The molecule has 34 heavy (non-hydrogen) atoms. The molecule has 1 aliphatic rings. The number of hydrogen-bond acceptors (Lipinski definition) is 5. The van der Waals surface area contributed by atoms with Crippen molar-refractivity contribution >= 4 is 5.52 Å². The molecule has 8 heteroatoms. The topological polar surface area (TPSA) is 75.1 Å². The number of ether oxygens (including phenoxy) is 1. The zero-order chi connectivity index (χ0) is 23.1. The van der Waals surface area contributed by atoms with Crippen LogP contribution < -0.4 is 4.74 Å². The van der Waals surface area contributed by atoms with Gasteiger partial charge in [0.15, 0.2) is 0 Å². The normalized spacial score (nSPS) is 18.1. The van der Waals surface area contributed by atoms with Gasteiger partial charge in [-0.15, -0.1) is 0 Å². The van der Waals surface area contributed by atoms with E-state index >= 15 is 0 Å². The van der Waals surface area contributed by atoms with Crippen molar-refractivity contribution in [1.29, 1.82) is 0 Å². The van der Waals surface area contributed by atoms with Crippen LogP contribution in [0.25, 0.3) is 28.0 Å². The summed E-state index contributed by atoms with van der Waals surface area (Å²) in [5, 5.41) is 13.8. The molecule has 8 nitrogen and oxygen atoms in total. The summed E-state index contributed by atoms with van der Waals surface area (Å²) in [6.07, 6.45) is 15.4. The number of fused-ring (bicyclic) bond motifs is 1. The van der Waals surface area contributed by atoms with Gasteiger partial charge in [-0.3, -0.25) is 9.36 Å². The molecule has 1 aromatic carbocycles. The maximum absolute atomic E-state index is 5.25. The predicted octanol–water partition coefficient (Wildman–Crippen LogP) is 4.87. The molecule has 0 saturated heterocycles. The molecule has 1 fully saturated rings. The minimum Gasteiger partial charge on any atom is -0.497 e. The molecule has 0 aliphatic heterocycles. The van der Waals surface area contributed by atoms with E-state index in [2.05, 4.69) is 40.1 Å². The van der Waals surface area contributed by atoms with Crippen LogP contribution in [-0.2, 0) is 6.54 Å². The average Bonchev–Trinajstić information content (AvgIpc) is 3.65. The van der Waals surface area contributed by atoms with Gasteiger partial charge in [-0.25, -0.2) is 9.50 Å². The molecule has 172 valence electrons. The Hall–Kier alpha value is -3.94. The molecule has 0 amide bonds. The van der Waals surface area contributed by atoms with Crippen molar-refractivity contribution in [2.75, 3.05) is 7.11 Å². The predicted molar refractivity (Wildman–Crippen MR) is 130 cm³/mol. The fourth-order valence-corrected chi connectivity index (χ4v) is 4.94. The first kappa shape index (κ1) is 20.7. The summed E-state index contributed by atoms with van der Waals surface area (Å²) in [6.45, 7) is 2.99. The van der Waals surface area contributed by atoms with Gasteiger partial charge in [-0.05, 0) is 42.5 Å². The number of benzene rings is 1. The molecular formula is C26H27N7O. The van der Waals surface area contributed by atoms with E-state index in [1.54, 1.807) is 13.3 Å². The molecule has 4 heterocycles. The van der Waals surface area contributed by atoms with Crippen molar-refractivity contribution in [3.05, 3.63) is 73.1 Å². The second-order valence-electron chi connectivity index (χ2n) is 9.09.